The second-order valence-electron chi connectivity index (χ2n) is 6.98. The van der Waals surface area contributed by atoms with E-state index in [1.165, 1.54) is 70.6 Å². The zero-order chi connectivity index (χ0) is 20.1. The van der Waals surface area contributed by atoms with Crippen molar-refractivity contribution in [3.05, 3.63) is 36.4 Å². The van der Waals surface area contributed by atoms with E-state index in [1.54, 1.807) is 0 Å². The molecule has 6 heteroatoms. The fourth-order valence-corrected chi connectivity index (χ4v) is 3.16. The fraction of sp³-hybridized carbons (Fsp3) is 0.727. The minimum atomic E-state index is -4.49. The van der Waals surface area contributed by atoms with Crippen molar-refractivity contribution in [1.29, 1.82) is 0 Å². The van der Waals surface area contributed by atoms with Gasteiger partial charge in [0.25, 0.3) is 0 Å². The first-order valence-corrected chi connectivity index (χ1v) is 12.0. The molecule has 0 amide bonds. The third-order valence-electron chi connectivity index (χ3n) is 4.39. The molecule has 1 aromatic rings. The number of unbranched alkanes of at least 4 members (excludes halogenated alkanes) is 13. The van der Waals surface area contributed by atoms with Crippen molar-refractivity contribution in [1.82, 2.24) is 0 Å². The van der Waals surface area contributed by atoms with Crippen LogP contribution in [-0.2, 0) is 14.6 Å². The van der Waals surface area contributed by atoms with Crippen molar-refractivity contribution in [2.75, 3.05) is 6.61 Å². The van der Waals surface area contributed by atoms with Crippen molar-refractivity contribution >= 4 is 10.4 Å². The van der Waals surface area contributed by atoms with Crippen molar-refractivity contribution < 1.29 is 46.7 Å². The number of hydrogen-bond donors (Lipinski definition) is 0. The predicted octanol–water partition coefficient (Wildman–Crippen LogP) is 3.64. The number of benzene rings is 1. The molecular formula is C22H39NaO4S. The quantitative estimate of drug-likeness (QED) is 0.177. The van der Waals surface area contributed by atoms with E-state index >= 15 is 0 Å². The van der Waals surface area contributed by atoms with Crippen molar-refractivity contribution in [3.63, 3.8) is 0 Å². The van der Waals surface area contributed by atoms with E-state index in [4.69, 9.17) is 0 Å². The topological polar surface area (TPSA) is 66.4 Å². The van der Waals surface area contributed by atoms with Gasteiger partial charge in [-0.25, -0.2) is 8.42 Å². The zero-order valence-electron chi connectivity index (χ0n) is 18.1. The number of rotatable bonds is 16. The number of hydrogen-bond acceptors (Lipinski definition) is 4. The van der Waals surface area contributed by atoms with Crippen LogP contribution in [0.1, 0.15) is 96.8 Å². The second kappa shape index (κ2) is 23.4. The molecule has 0 aliphatic carbocycles. The van der Waals surface area contributed by atoms with Crippen LogP contribution in [0.5, 0.6) is 0 Å². The summed E-state index contributed by atoms with van der Waals surface area (Å²) in [7, 11) is -4.49. The van der Waals surface area contributed by atoms with E-state index in [9.17, 15) is 13.0 Å². The molecule has 0 atom stereocenters. The predicted molar refractivity (Wildman–Crippen MR) is 112 cm³/mol. The van der Waals surface area contributed by atoms with Gasteiger partial charge in [-0.2, -0.15) is 0 Å². The molecule has 158 valence electrons. The van der Waals surface area contributed by atoms with Crippen molar-refractivity contribution in [2.24, 2.45) is 0 Å². The van der Waals surface area contributed by atoms with Gasteiger partial charge in [0.05, 0.1) is 6.61 Å². The van der Waals surface area contributed by atoms with Crippen LogP contribution < -0.4 is 29.6 Å². The van der Waals surface area contributed by atoms with E-state index in [1.807, 2.05) is 36.4 Å². The molecule has 0 aromatic heterocycles. The van der Waals surface area contributed by atoms with Gasteiger partial charge in [-0.3, -0.25) is 4.18 Å². The SMILES string of the molecule is CCCCCCCCCCCCCCCCOS(=O)(=O)[O-].[Na+].c1ccccc1. The molecule has 0 fully saturated rings. The molecule has 0 aliphatic rings. The Morgan fingerprint density at radius 2 is 0.893 bits per heavy atom. The largest absolute Gasteiger partial charge is 1.00 e. The van der Waals surface area contributed by atoms with Crippen LogP contribution in [0.3, 0.4) is 0 Å². The Balaban J connectivity index is 0. The molecule has 0 aliphatic heterocycles. The maximum absolute atomic E-state index is 10.2. The maximum Gasteiger partial charge on any atom is 1.00 e. The third-order valence-corrected chi connectivity index (χ3v) is 4.85. The van der Waals surface area contributed by atoms with E-state index in [-0.39, 0.29) is 36.2 Å². The van der Waals surface area contributed by atoms with Crippen molar-refractivity contribution in [2.45, 2.75) is 96.8 Å². The summed E-state index contributed by atoms with van der Waals surface area (Å²) in [5.41, 5.74) is 0. The maximum atomic E-state index is 10.2. The van der Waals surface area contributed by atoms with Gasteiger partial charge in [-0.1, -0.05) is 127 Å². The molecule has 0 bridgehead atoms. The molecular weight excluding hydrogens is 383 g/mol. The normalized spacial score (nSPS) is 10.6. The molecule has 0 spiro atoms. The van der Waals surface area contributed by atoms with Crippen LogP contribution in [0.25, 0.3) is 0 Å². The summed E-state index contributed by atoms with van der Waals surface area (Å²) in [6, 6.07) is 12.0. The van der Waals surface area contributed by atoms with Crippen LogP contribution in [0, 0.1) is 0 Å². The molecule has 1 aromatic carbocycles. The minimum Gasteiger partial charge on any atom is -0.726 e. The zero-order valence-corrected chi connectivity index (χ0v) is 20.9. The first kappa shape index (κ1) is 30.3. The Hall–Kier alpha value is 0.0900. The molecule has 0 saturated heterocycles. The Morgan fingerprint density at radius 3 is 1.18 bits per heavy atom. The van der Waals surface area contributed by atoms with Gasteiger partial charge >= 0.3 is 29.6 Å². The molecule has 4 nitrogen and oxygen atoms in total. The molecule has 1 rings (SSSR count). The van der Waals surface area contributed by atoms with Crippen molar-refractivity contribution in [3.8, 4) is 0 Å². The summed E-state index contributed by atoms with van der Waals surface area (Å²) in [5.74, 6) is 0. The van der Waals surface area contributed by atoms with Crippen LogP contribution in [0.15, 0.2) is 36.4 Å². The standard InChI is InChI=1S/C16H34O4S.C6H6.Na/c1-2-3-4-5-6-7-8-9-10-11-12-13-14-15-16-20-21(17,18)19;1-2-4-6-5-3-1;/h2-16H2,1H3,(H,17,18,19);1-6H;/q;;+1/p-1. The third kappa shape index (κ3) is 28.3. The van der Waals surface area contributed by atoms with Gasteiger partial charge in [0, 0.05) is 0 Å². The molecule has 0 unspecified atom stereocenters. The minimum absolute atomic E-state index is 0. The van der Waals surface area contributed by atoms with Gasteiger partial charge in [-0.15, -0.1) is 0 Å². The Bertz CT molecular complexity index is 468. The van der Waals surface area contributed by atoms with Gasteiger partial charge in [0.15, 0.2) is 0 Å². The average molecular weight is 423 g/mol. The van der Waals surface area contributed by atoms with Gasteiger partial charge in [0.2, 0.25) is 10.4 Å². The summed E-state index contributed by atoms with van der Waals surface area (Å²) in [5, 5.41) is 0. The summed E-state index contributed by atoms with van der Waals surface area (Å²) in [6.45, 7) is 2.28. The van der Waals surface area contributed by atoms with E-state index in [0.717, 1.165) is 12.8 Å². The molecule has 0 radical (unpaired) electrons. The summed E-state index contributed by atoms with van der Waals surface area (Å²) in [4.78, 5) is 0. The van der Waals surface area contributed by atoms with E-state index < -0.39 is 10.4 Å². The van der Waals surface area contributed by atoms with Gasteiger partial charge in [-0.05, 0) is 6.42 Å². The molecule has 28 heavy (non-hydrogen) atoms. The molecule has 0 N–H and O–H groups in total. The van der Waals surface area contributed by atoms with E-state index in [0.29, 0.717) is 6.42 Å². The monoisotopic (exact) mass is 422 g/mol. The Morgan fingerprint density at radius 1 is 0.607 bits per heavy atom. The Labute approximate surface area is 196 Å². The van der Waals surface area contributed by atoms with Gasteiger partial charge < -0.3 is 4.55 Å². The van der Waals surface area contributed by atoms with E-state index in [2.05, 4.69) is 11.1 Å². The van der Waals surface area contributed by atoms with Crippen LogP contribution in [0.4, 0.5) is 0 Å². The van der Waals surface area contributed by atoms with Crippen LogP contribution in [-0.4, -0.2) is 19.6 Å². The average Bonchev–Trinajstić information content (AvgIpc) is 2.66. The smallest absolute Gasteiger partial charge is 0.726 e. The van der Waals surface area contributed by atoms with Crippen LogP contribution in [0.2, 0.25) is 0 Å². The summed E-state index contributed by atoms with van der Waals surface area (Å²) >= 11 is 0. The van der Waals surface area contributed by atoms with Crippen LogP contribution >= 0.6 is 0 Å². The first-order valence-electron chi connectivity index (χ1n) is 10.7. The fourth-order valence-electron chi connectivity index (χ4n) is 2.84. The second-order valence-corrected chi connectivity index (χ2v) is 8.03. The first-order chi connectivity index (χ1) is 13.1. The Kier molecular flexibility index (Phi) is 25.3. The summed E-state index contributed by atoms with van der Waals surface area (Å²) in [6.07, 6.45) is 17.4. The summed E-state index contributed by atoms with van der Waals surface area (Å²) < 4.78 is 34.7. The molecule has 0 heterocycles. The molecule has 0 saturated carbocycles. The van der Waals surface area contributed by atoms with Gasteiger partial charge in [0.1, 0.15) is 0 Å².